The Balaban J connectivity index is 1.63. The lowest BCUT2D eigenvalue weighted by Crippen LogP contribution is -2.33. The summed E-state index contributed by atoms with van der Waals surface area (Å²) in [6.45, 7) is 6.98. The van der Waals surface area contributed by atoms with Gasteiger partial charge in [0, 0.05) is 12.6 Å². The third kappa shape index (κ3) is 6.52. The largest absolute Gasteiger partial charge is 0.494 e. The second-order valence-electron chi connectivity index (χ2n) is 6.41. The number of hydrogen-bond donors (Lipinski definition) is 1. The number of rotatable bonds is 10. The van der Waals surface area contributed by atoms with Crippen LogP contribution in [-0.4, -0.2) is 25.8 Å². The maximum Gasteiger partial charge on any atom is 0.119 e. The molecule has 2 unspecified atom stereocenters. The molecule has 1 saturated heterocycles. The molecule has 1 aliphatic heterocycles. The van der Waals surface area contributed by atoms with Gasteiger partial charge in [0.2, 0.25) is 0 Å². The number of piperidine rings is 1. The van der Waals surface area contributed by atoms with Gasteiger partial charge >= 0.3 is 0 Å². The Morgan fingerprint density at radius 3 is 2.61 bits per heavy atom. The van der Waals surface area contributed by atoms with Gasteiger partial charge in [-0.15, -0.1) is 0 Å². The summed E-state index contributed by atoms with van der Waals surface area (Å²) in [5.41, 5.74) is 1.24. The van der Waals surface area contributed by atoms with E-state index in [0.717, 1.165) is 37.8 Å². The molecule has 0 saturated carbocycles. The van der Waals surface area contributed by atoms with Crippen molar-refractivity contribution in [3.63, 3.8) is 0 Å². The van der Waals surface area contributed by atoms with E-state index in [1.54, 1.807) is 0 Å². The minimum atomic E-state index is 0.206. The zero-order valence-electron chi connectivity index (χ0n) is 14.9. The van der Waals surface area contributed by atoms with Gasteiger partial charge in [0.1, 0.15) is 5.75 Å². The topological polar surface area (TPSA) is 30.5 Å². The summed E-state index contributed by atoms with van der Waals surface area (Å²) in [6.07, 6.45) is 8.96. The van der Waals surface area contributed by atoms with Crippen LogP contribution in [0.15, 0.2) is 24.3 Å². The first-order valence-electron chi connectivity index (χ1n) is 9.41. The van der Waals surface area contributed by atoms with E-state index in [-0.39, 0.29) is 6.10 Å². The average Bonchev–Trinajstić information content (AvgIpc) is 2.61. The molecule has 1 fully saturated rings. The number of nitrogens with one attached hydrogen (secondary N) is 1. The zero-order valence-corrected chi connectivity index (χ0v) is 14.9. The van der Waals surface area contributed by atoms with Crippen molar-refractivity contribution in [3.8, 4) is 5.75 Å². The molecule has 3 nitrogen and oxygen atoms in total. The lowest BCUT2D eigenvalue weighted by Gasteiger charge is -2.23. The van der Waals surface area contributed by atoms with Crippen LogP contribution in [0.4, 0.5) is 0 Å². The lowest BCUT2D eigenvalue weighted by atomic mass is 10.00. The number of hydrogen-bond acceptors (Lipinski definition) is 3. The molecule has 23 heavy (non-hydrogen) atoms. The third-order valence-electron chi connectivity index (χ3n) is 4.62. The van der Waals surface area contributed by atoms with Crippen molar-refractivity contribution in [1.29, 1.82) is 0 Å². The Morgan fingerprint density at radius 2 is 1.96 bits per heavy atom. The van der Waals surface area contributed by atoms with Gasteiger partial charge in [0.25, 0.3) is 0 Å². The molecule has 3 heteroatoms. The van der Waals surface area contributed by atoms with Gasteiger partial charge in [-0.05, 0) is 69.7 Å². The summed E-state index contributed by atoms with van der Waals surface area (Å²) in [5, 5.41) is 3.61. The lowest BCUT2D eigenvalue weighted by molar-refractivity contribution is 0.0598. The normalized spacial score (nSPS) is 19.5. The minimum Gasteiger partial charge on any atom is -0.494 e. The van der Waals surface area contributed by atoms with Crippen LogP contribution >= 0.6 is 0 Å². The van der Waals surface area contributed by atoms with Crippen molar-refractivity contribution in [1.82, 2.24) is 5.32 Å². The standard InChI is InChI=1S/C20H33NO2/c1-3-20(22-4-2)17-11-13-19(14-12-17)23-16-8-6-10-18-9-5-7-15-21-18/h11-14,18,20-21H,3-10,15-16H2,1-2H3. The molecule has 1 aromatic rings. The van der Waals surface area contributed by atoms with Crippen LogP contribution in [0.3, 0.4) is 0 Å². The second kappa shape index (κ2) is 10.7. The summed E-state index contributed by atoms with van der Waals surface area (Å²) in [7, 11) is 0. The van der Waals surface area contributed by atoms with Gasteiger partial charge in [0.05, 0.1) is 12.7 Å². The van der Waals surface area contributed by atoms with Gasteiger partial charge in [-0.1, -0.05) is 25.5 Å². The first-order chi connectivity index (χ1) is 11.3. The summed E-state index contributed by atoms with van der Waals surface area (Å²) in [4.78, 5) is 0. The Morgan fingerprint density at radius 1 is 1.13 bits per heavy atom. The average molecular weight is 319 g/mol. The Labute approximate surface area is 141 Å². The van der Waals surface area contributed by atoms with E-state index in [0.29, 0.717) is 0 Å². The SMILES string of the molecule is CCOC(CC)c1ccc(OCCCCC2CCCCN2)cc1. The first kappa shape index (κ1) is 18.3. The third-order valence-corrected chi connectivity index (χ3v) is 4.62. The molecule has 2 atom stereocenters. The van der Waals surface area contributed by atoms with Gasteiger partial charge in [-0.25, -0.2) is 0 Å². The molecule has 0 spiro atoms. The molecule has 0 amide bonds. The van der Waals surface area contributed by atoms with Crippen LogP contribution in [0.1, 0.15) is 70.5 Å². The van der Waals surface area contributed by atoms with Gasteiger partial charge < -0.3 is 14.8 Å². The van der Waals surface area contributed by atoms with E-state index in [2.05, 4.69) is 36.5 Å². The van der Waals surface area contributed by atoms with Gasteiger partial charge in [-0.3, -0.25) is 0 Å². The van der Waals surface area contributed by atoms with Gasteiger partial charge in [0.15, 0.2) is 0 Å². The highest BCUT2D eigenvalue weighted by Gasteiger charge is 2.11. The molecule has 1 aromatic carbocycles. The number of unbranched alkanes of at least 4 members (excludes halogenated alkanes) is 1. The minimum absolute atomic E-state index is 0.206. The fourth-order valence-electron chi connectivity index (χ4n) is 3.28. The maximum absolute atomic E-state index is 5.86. The molecule has 0 radical (unpaired) electrons. The number of ether oxygens (including phenoxy) is 2. The van der Waals surface area contributed by atoms with Crippen LogP contribution in [0, 0.1) is 0 Å². The van der Waals surface area contributed by atoms with Crippen LogP contribution < -0.4 is 10.1 Å². The molecule has 1 heterocycles. The second-order valence-corrected chi connectivity index (χ2v) is 6.41. The number of benzene rings is 1. The molecule has 1 aliphatic rings. The highest BCUT2D eigenvalue weighted by atomic mass is 16.5. The Hall–Kier alpha value is -1.06. The Bertz CT molecular complexity index is 412. The smallest absolute Gasteiger partial charge is 0.119 e. The zero-order chi connectivity index (χ0) is 16.3. The van der Waals surface area contributed by atoms with E-state index < -0.39 is 0 Å². The van der Waals surface area contributed by atoms with Crippen LogP contribution in [0.5, 0.6) is 5.75 Å². The maximum atomic E-state index is 5.86. The van der Waals surface area contributed by atoms with Crippen molar-refractivity contribution in [2.45, 2.75) is 70.9 Å². The molecule has 0 bridgehead atoms. The summed E-state index contributed by atoms with van der Waals surface area (Å²) in [6, 6.07) is 9.14. The van der Waals surface area contributed by atoms with Crippen molar-refractivity contribution in [2.75, 3.05) is 19.8 Å². The molecule has 130 valence electrons. The van der Waals surface area contributed by atoms with Crippen LogP contribution in [0.2, 0.25) is 0 Å². The quantitative estimate of drug-likeness (QED) is 0.624. The summed E-state index contributed by atoms with van der Waals surface area (Å²) in [5.74, 6) is 0.968. The van der Waals surface area contributed by atoms with Crippen LogP contribution in [0.25, 0.3) is 0 Å². The monoisotopic (exact) mass is 319 g/mol. The van der Waals surface area contributed by atoms with Crippen LogP contribution in [-0.2, 0) is 4.74 Å². The molecular formula is C20H33NO2. The molecular weight excluding hydrogens is 286 g/mol. The fraction of sp³-hybridized carbons (Fsp3) is 0.700. The van der Waals surface area contributed by atoms with E-state index in [1.165, 1.54) is 44.2 Å². The van der Waals surface area contributed by atoms with Crippen molar-refractivity contribution in [2.24, 2.45) is 0 Å². The van der Waals surface area contributed by atoms with E-state index in [9.17, 15) is 0 Å². The molecule has 2 rings (SSSR count). The summed E-state index contributed by atoms with van der Waals surface area (Å²) < 4.78 is 11.6. The molecule has 0 aromatic heterocycles. The predicted octanol–water partition coefficient (Wildman–Crippen LogP) is 4.87. The van der Waals surface area contributed by atoms with Gasteiger partial charge in [-0.2, -0.15) is 0 Å². The highest BCUT2D eigenvalue weighted by molar-refractivity contribution is 5.28. The summed E-state index contributed by atoms with van der Waals surface area (Å²) >= 11 is 0. The Kier molecular flexibility index (Phi) is 8.48. The van der Waals surface area contributed by atoms with E-state index in [1.807, 2.05) is 6.92 Å². The first-order valence-corrected chi connectivity index (χ1v) is 9.41. The van der Waals surface area contributed by atoms with E-state index >= 15 is 0 Å². The molecule has 1 N–H and O–H groups in total. The predicted molar refractivity (Wildman–Crippen MR) is 96.1 cm³/mol. The fourth-order valence-corrected chi connectivity index (χ4v) is 3.28. The van der Waals surface area contributed by atoms with Crippen molar-refractivity contribution < 1.29 is 9.47 Å². The van der Waals surface area contributed by atoms with E-state index in [4.69, 9.17) is 9.47 Å². The van der Waals surface area contributed by atoms with Crippen molar-refractivity contribution >= 4 is 0 Å². The highest BCUT2D eigenvalue weighted by Crippen LogP contribution is 2.23. The molecule has 0 aliphatic carbocycles. The van der Waals surface area contributed by atoms with Crippen molar-refractivity contribution in [3.05, 3.63) is 29.8 Å².